The summed E-state index contributed by atoms with van der Waals surface area (Å²) in [5, 5.41) is 0. The second kappa shape index (κ2) is 10.0. The zero-order valence-electron chi connectivity index (χ0n) is 19.3. The molecule has 1 aliphatic carbocycles. The van der Waals surface area contributed by atoms with Crippen LogP contribution in [-0.2, 0) is 14.3 Å². The number of allylic oxidation sites excluding steroid dienone is 1. The molecule has 6 heteroatoms. The summed E-state index contributed by atoms with van der Waals surface area (Å²) in [6, 6.07) is 28.0. The normalized spacial score (nSPS) is 21.7. The molecule has 3 atom stereocenters. The molecule has 35 heavy (non-hydrogen) atoms. The Bertz CT molecular complexity index is 1270. The topological polar surface area (TPSA) is 63.7 Å². The molecule has 0 bridgehead atoms. The van der Waals surface area contributed by atoms with Crippen molar-refractivity contribution in [1.29, 1.82) is 0 Å². The van der Waals surface area contributed by atoms with Crippen LogP contribution in [0.25, 0.3) is 0 Å². The molecular weight excluding hydrogens is 505 g/mol. The molecule has 176 valence electrons. The number of Topliss-reactive ketones (excluding diaryl/α,β-unsaturated/α-hetero) is 1. The number of nitrogens with zero attached hydrogens (tertiary/aromatic N) is 1. The van der Waals surface area contributed by atoms with E-state index in [2.05, 4.69) is 0 Å². The maximum absolute atomic E-state index is 13.9. The summed E-state index contributed by atoms with van der Waals surface area (Å²) in [5.41, 5.74) is 1.08. The Kier molecular flexibility index (Phi) is 6.67. The number of hydrogen-bond donors (Lipinski definition) is 0. The molecule has 2 aliphatic rings. The van der Waals surface area contributed by atoms with E-state index >= 15 is 0 Å². The van der Waals surface area contributed by atoms with Crippen LogP contribution in [0.5, 0.6) is 0 Å². The molecule has 0 saturated carbocycles. The Morgan fingerprint density at radius 2 is 1.49 bits per heavy atom. The number of amides is 2. The van der Waals surface area contributed by atoms with Gasteiger partial charge in [0.1, 0.15) is 0 Å². The first-order valence-electron chi connectivity index (χ1n) is 11.7. The second-order valence-corrected chi connectivity index (χ2v) is 10.9. The SMILES string of the molecule is CCOC1=C([Se]c2ccccc2)C2C(=O)N(c3ccccc3)C(=O)C2C(C(=O)c2ccccc2)C1. The van der Waals surface area contributed by atoms with Crippen LogP contribution in [0.3, 0.4) is 0 Å². The van der Waals surface area contributed by atoms with Crippen molar-refractivity contribution in [2.24, 2.45) is 17.8 Å². The van der Waals surface area contributed by atoms with Crippen molar-refractivity contribution < 1.29 is 19.1 Å². The van der Waals surface area contributed by atoms with Crippen molar-refractivity contribution in [3.8, 4) is 0 Å². The molecule has 3 unspecified atom stereocenters. The first-order valence-corrected chi connectivity index (χ1v) is 13.4. The van der Waals surface area contributed by atoms with Gasteiger partial charge in [-0.2, -0.15) is 0 Å². The van der Waals surface area contributed by atoms with Crippen LogP contribution in [-0.4, -0.2) is 39.2 Å². The number of carbonyl (C=O) groups excluding carboxylic acids is 3. The maximum atomic E-state index is 13.9. The van der Waals surface area contributed by atoms with Gasteiger partial charge in [-0.15, -0.1) is 0 Å². The van der Waals surface area contributed by atoms with Crippen LogP contribution < -0.4 is 9.36 Å². The van der Waals surface area contributed by atoms with Gasteiger partial charge in [0.15, 0.2) is 0 Å². The molecule has 5 nitrogen and oxygen atoms in total. The average Bonchev–Trinajstić information content (AvgIpc) is 3.16. The van der Waals surface area contributed by atoms with Crippen LogP contribution in [0.4, 0.5) is 5.69 Å². The number of rotatable bonds is 7. The van der Waals surface area contributed by atoms with E-state index in [1.54, 1.807) is 36.4 Å². The number of anilines is 1. The zero-order chi connectivity index (χ0) is 24.4. The standard InChI is InChI=1S/C29H25NO4Se/c1-2-34-23-18-22(26(31)19-12-6-3-7-13-19)24-25(27(23)35-21-16-10-5-11-17-21)29(33)30(28(24)32)20-14-8-4-9-15-20/h3-17,22,24-25H,2,18H2,1H3. The van der Waals surface area contributed by atoms with Crippen LogP contribution in [0.15, 0.2) is 101 Å². The summed E-state index contributed by atoms with van der Waals surface area (Å²) in [7, 11) is 0. The minimum atomic E-state index is -0.750. The van der Waals surface area contributed by atoms with E-state index < -0.39 is 17.8 Å². The van der Waals surface area contributed by atoms with Crippen molar-refractivity contribution >= 4 is 42.7 Å². The van der Waals surface area contributed by atoms with E-state index in [9.17, 15) is 14.4 Å². The molecule has 0 spiro atoms. The first kappa shape index (κ1) is 23.3. The molecule has 3 aromatic carbocycles. The third-order valence-corrected chi connectivity index (χ3v) is 8.98. The molecule has 0 N–H and O–H groups in total. The minimum absolute atomic E-state index is 0.125. The molecular formula is C29H25NO4Se. The predicted molar refractivity (Wildman–Crippen MR) is 135 cm³/mol. The summed E-state index contributed by atoms with van der Waals surface area (Å²) in [6.45, 7) is 2.33. The Balaban J connectivity index is 1.64. The predicted octanol–water partition coefficient (Wildman–Crippen LogP) is 3.97. The molecule has 5 rings (SSSR count). The molecule has 1 saturated heterocycles. The third-order valence-electron chi connectivity index (χ3n) is 6.45. The van der Waals surface area contributed by atoms with Crippen molar-refractivity contribution in [2.45, 2.75) is 13.3 Å². The van der Waals surface area contributed by atoms with Crippen molar-refractivity contribution in [3.05, 3.63) is 107 Å². The number of para-hydroxylation sites is 1. The number of ketones is 1. The van der Waals surface area contributed by atoms with Gasteiger partial charge in [-0.25, -0.2) is 0 Å². The molecule has 2 amide bonds. The number of benzene rings is 3. The second-order valence-electron chi connectivity index (χ2n) is 8.53. The van der Waals surface area contributed by atoms with Crippen molar-refractivity contribution in [2.75, 3.05) is 11.5 Å². The van der Waals surface area contributed by atoms with Gasteiger partial charge in [-0.3, -0.25) is 0 Å². The van der Waals surface area contributed by atoms with E-state index in [1.807, 2.05) is 61.5 Å². The van der Waals surface area contributed by atoms with E-state index in [0.717, 1.165) is 8.93 Å². The monoisotopic (exact) mass is 531 g/mol. The number of carbonyl (C=O) groups is 3. The third kappa shape index (κ3) is 4.36. The molecule has 0 aromatic heterocycles. The Hall–Kier alpha value is -3.47. The summed E-state index contributed by atoms with van der Waals surface area (Å²) < 4.78 is 8.04. The molecule has 0 radical (unpaired) electrons. The van der Waals surface area contributed by atoms with Crippen molar-refractivity contribution in [1.82, 2.24) is 0 Å². The van der Waals surface area contributed by atoms with Gasteiger partial charge in [0.05, 0.1) is 0 Å². The van der Waals surface area contributed by atoms with Gasteiger partial charge in [0.2, 0.25) is 0 Å². The number of fused-ring (bicyclic) bond motifs is 1. The fourth-order valence-corrected chi connectivity index (χ4v) is 7.39. The van der Waals surface area contributed by atoms with Gasteiger partial charge in [0, 0.05) is 0 Å². The number of hydrogen-bond acceptors (Lipinski definition) is 4. The summed E-state index contributed by atoms with van der Waals surface area (Å²) >= 11 is -0.224. The molecule has 3 aromatic rings. The van der Waals surface area contributed by atoms with Crippen LogP contribution >= 0.6 is 0 Å². The molecule has 1 fully saturated rings. The Labute approximate surface area is 210 Å². The summed E-state index contributed by atoms with van der Waals surface area (Å²) in [6.07, 6.45) is 0.314. The van der Waals surface area contributed by atoms with E-state index in [1.165, 1.54) is 4.90 Å². The van der Waals surface area contributed by atoms with Crippen LogP contribution in [0, 0.1) is 17.8 Å². The number of ether oxygens (including phenoxy) is 1. The Morgan fingerprint density at radius 1 is 0.886 bits per heavy atom. The van der Waals surface area contributed by atoms with E-state index in [-0.39, 0.29) is 32.6 Å². The first-order chi connectivity index (χ1) is 17.1. The van der Waals surface area contributed by atoms with Gasteiger partial charge >= 0.3 is 211 Å². The van der Waals surface area contributed by atoms with Gasteiger partial charge < -0.3 is 0 Å². The molecule has 1 heterocycles. The summed E-state index contributed by atoms with van der Waals surface area (Å²) in [4.78, 5) is 42.7. The van der Waals surface area contributed by atoms with E-state index in [4.69, 9.17) is 4.74 Å². The van der Waals surface area contributed by atoms with Gasteiger partial charge in [-0.05, 0) is 0 Å². The van der Waals surface area contributed by atoms with E-state index in [0.29, 0.717) is 30.0 Å². The fourth-order valence-electron chi connectivity index (χ4n) is 4.92. The average molecular weight is 530 g/mol. The number of imide groups is 1. The summed E-state index contributed by atoms with van der Waals surface area (Å²) in [5.74, 6) is -2.15. The zero-order valence-corrected chi connectivity index (χ0v) is 21.0. The van der Waals surface area contributed by atoms with Crippen molar-refractivity contribution in [3.63, 3.8) is 0 Å². The fraction of sp³-hybridized carbons (Fsp3) is 0.207. The quantitative estimate of drug-likeness (QED) is 0.264. The van der Waals surface area contributed by atoms with Gasteiger partial charge in [0.25, 0.3) is 0 Å². The van der Waals surface area contributed by atoms with Gasteiger partial charge in [-0.1, -0.05) is 0 Å². The van der Waals surface area contributed by atoms with Crippen LogP contribution in [0.1, 0.15) is 23.7 Å². The Morgan fingerprint density at radius 3 is 2.11 bits per heavy atom. The molecule has 1 aliphatic heterocycles. The van der Waals surface area contributed by atoms with Crippen LogP contribution in [0.2, 0.25) is 0 Å².